The largest absolute Gasteiger partial charge is 0.475 e. The lowest BCUT2D eigenvalue weighted by Gasteiger charge is -1.94. The molecule has 0 aliphatic heterocycles. The fraction of sp³-hybridized carbons (Fsp3) is 0.111. The van der Waals surface area contributed by atoms with E-state index in [1.54, 1.807) is 24.3 Å². The van der Waals surface area contributed by atoms with Crippen molar-refractivity contribution in [1.82, 2.24) is 0 Å². The van der Waals surface area contributed by atoms with Crippen molar-refractivity contribution in [3.05, 3.63) is 35.9 Å². The molecule has 0 saturated heterocycles. The summed E-state index contributed by atoms with van der Waals surface area (Å²) in [4.78, 5) is 20.9. The fourth-order valence-corrected chi connectivity index (χ4v) is 0.857. The average molecular weight is 163 g/mol. The molecule has 0 fully saturated rings. The highest BCUT2D eigenvalue weighted by molar-refractivity contribution is 6.33. The van der Waals surface area contributed by atoms with Crippen LogP contribution in [0.4, 0.5) is 0 Å². The highest BCUT2D eigenvalue weighted by Gasteiger charge is 2.10. The van der Waals surface area contributed by atoms with E-state index in [1.807, 2.05) is 6.07 Å². The Morgan fingerprint density at radius 1 is 1.17 bits per heavy atom. The molecule has 0 aliphatic carbocycles. The molecule has 1 rings (SSSR count). The summed E-state index contributed by atoms with van der Waals surface area (Å²) in [6, 6.07) is 8.80. The van der Waals surface area contributed by atoms with Gasteiger partial charge in [-0.1, -0.05) is 30.3 Å². The fourth-order valence-electron chi connectivity index (χ4n) is 0.857. The second kappa shape index (κ2) is 3.67. The molecule has 0 aromatic heterocycles. The standard InChI is InChI=1S/C9H8O3/c10-8(9(11)12)6-7-4-2-1-3-5-7/h1-5H,6H2,(H,11,12)/i6-1. The number of aliphatic carboxylic acids is 1. The lowest BCUT2D eigenvalue weighted by Crippen LogP contribution is -2.14. The van der Waals surface area contributed by atoms with Crippen LogP contribution in [0.1, 0.15) is 5.56 Å². The smallest absolute Gasteiger partial charge is 0.372 e. The molecular weight excluding hydrogens is 155 g/mol. The maximum Gasteiger partial charge on any atom is 0.372 e. The molecule has 0 bridgehead atoms. The van der Waals surface area contributed by atoms with E-state index in [9.17, 15) is 9.59 Å². The Labute approximate surface area is 69.6 Å². The number of carbonyl (C=O) groups excluding carboxylic acids is 1. The maximum absolute atomic E-state index is 10.7. The zero-order chi connectivity index (χ0) is 8.97. The molecule has 0 atom stereocenters. The van der Waals surface area contributed by atoms with Crippen molar-refractivity contribution >= 4 is 11.8 Å². The number of rotatable bonds is 3. The first-order valence-electron chi connectivity index (χ1n) is 3.50. The highest BCUT2D eigenvalue weighted by atomic mass is 16.4. The van der Waals surface area contributed by atoms with E-state index in [4.69, 9.17) is 5.11 Å². The van der Waals surface area contributed by atoms with E-state index in [-0.39, 0.29) is 6.42 Å². The van der Waals surface area contributed by atoms with Crippen molar-refractivity contribution in [3.8, 4) is 0 Å². The third kappa shape index (κ3) is 2.20. The van der Waals surface area contributed by atoms with E-state index in [0.29, 0.717) is 0 Å². The lowest BCUT2D eigenvalue weighted by atomic mass is 9.76. The monoisotopic (exact) mass is 163 g/mol. The van der Waals surface area contributed by atoms with Crippen LogP contribution in [0.3, 0.4) is 0 Å². The number of benzene rings is 1. The Bertz CT molecular complexity index is 290. The van der Waals surface area contributed by atoms with Gasteiger partial charge in [0.2, 0.25) is 5.78 Å². The summed E-state index contributed by atoms with van der Waals surface area (Å²) in [6.45, 7) is 0. The van der Waals surface area contributed by atoms with E-state index in [2.05, 4.69) is 0 Å². The van der Waals surface area contributed by atoms with Gasteiger partial charge in [0.1, 0.15) is 0 Å². The first-order chi connectivity index (χ1) is 5.70. The van der Waals surface area contributed by atoms with Crippen LogP contribution < -0.4 is 0 Å². The lowest BCUT2D eigenvalue weighted by molar-refractivity contribution is -0.148. The number of carboxylic acid groups (broad SMARTS) is 1. The van der Waals surface area contributed by atoms with Gasteiger partial charge in [-0.15, -0.1) is 0 Å². The minimum Gasteiger partial charge on any atom is -0.475 e. The van der Waals surface area contributed by atoms with E-state index < -0.39 is 11.8 Å². The van der Waals surface area contributed by atoms with Crippen molar-refractivity contribution in [1.29, 1.82) is 0 Å². The molecule has 1 N–H and O–H groups in total. The van der Waals surface area contributed by atoms with E-state index >= 15 is 0 Å². The van der Waals surface area contributed by atoms with Crippen molar-refractivity contribution < 1.29 is 14.7 Å². The zero-order valence-electron chi connectivity index (χ0n) is 6.36. The number of carboxylic acids is 1. The van der Waals surface area contributed by atoms with Gasteiger partial charge in [-0.05, 0) is 5.56 Å². The minimum absolute atomic E-state index is 0.0316. The molecule has 3 nitrogen and oxygen atoms in total. The van der Waals surface area contributed by atoms with Crippen LogP contribution in [0.15, 0.2) is 30.3 Å². The maximum atomic E-state index is 10.7. The van der Waals surface area contributed by atoms with Gasteiger partial charge in [-0.2, -0.15) is 0 Å². The molecule has 0 unspecified atom stereocenters. The van der Waals surface area contributed by atoms with Gasteiger partial charge in [0.25, 0.3) is 0 Å². The summed E-state index contributed by atoms with van der Waals surface area (Å²) in [7, 11) is 0. The minimum atomic E-state index is -1.38. The second-order valence-corrected chi connectivity index (χ2v) is 2.39. The number of ketones is 1. The highest BCUT2D eigenvalue weighted by Crippen LogP contribution is 1.99. The van der Waals surface area contributed by atoms with Crippen molar-refractivity contribution in [3.63, 3.8) is 0 Å². The number of Topliss-reactive ketones (excluding diaryl/α,β-unsaturated/α-hetero) is 1. The number of hydrogen-bond donors (Lipinski definition) is 1. The quantitative estimate of drug-likeness (QED) is 0.673. The molecule has 62 valence electrons. The Hall–Kier alpha value is -1.64. The summed E-state index contributed by atoms with van der Waals surface area (Å²) in [5, 5.41) is 8.29. The number of carbonyl (C=O) groups is 2. The van der Waals surface area contributed by atoms with Crippen LogP contribution in [0, 0.1) is 0 Å². The predicted octanol–water partition coefficient (Wildman–Crippen LogP) is 0.883. The molecule has 0 aliphatic rings. The topological polar surface area (TPSA) is 54.4 Å². The summed E-state index contributed by atoms with van der Waals surface area (Å²) >= 11 is 0. The SMILES string of the molecule is O=C(O)C(=O)[11CH2]c1ccccc1. The normalized spacial score (nSPS) is 9.33. The molecule has 3 heteroatoms. The van der Waals surface area contributed by atoms with Gasteiger partial charge in [0.05, 0.1) is 0 Å². The van der Waals surface area contributed by atoms with Crippen molar-refractivity contribution in [2.45, 2.75) is 6.42 Å². The predicted molar refractivity (Wildman–Crippen MR) is 42.8 cm³/mol. The third-order valence-corrected chi connectivity index (χ3v) is 1.45. The van der Waals surface area contributed by atoms with E-state index in [1.165, 1.54) is 0 Å². The molecule has 0 heterocycles. The van der Waals surface area contributed by atoms with Gasteiger partial charge < -0.3 is 5.11 Å². The Morgan fingerprint density at radius 3 is 2.25 bits per heavy atom. The molecular formula is C9H8O3. The van der Waals surface area contributed by atoms with Gasteiger partial charge in [-0.25, -0.2) is 4.79 Å². The van der Waals surface area contributed by atoms with E-state index in [0.717, 1.165) is 5.56 Å². The van der Waals surface area contributed by atoms with Crippen molar-refractivity contribution in [2.75, 3.05) is 0 Å². The second-order valence-electron chi connectivity index (χ2n) is 2.39. The van der Waals surface area contributed by atoms with Gasteiger partial charge in [0.15, 0.2) is 0 Å². The molecule has 1 aromatic carbocycles. The number of hydrogen-bond acceptors (Lipinski definition) is 2. The molecule has 0 saturated carbocycles. The Morgan fingerprint density at radius 2 is 1.75 bits per heavy atom. The molecule has 0 amide bonds. The van der Waals surface area contributed by atoms with Gasteiger partial charge in [-0.3, -0.25) is 4.79 Å². The van der Waals surface area contributed by atoms with Gasteiger partial charge in [0, 0.05) is 6.42 Å². The van der Waals surface area contributed by atoms with Crippen molar-refractivity contribution in [2.24, 2.45) is 0 Å². The molecule has 12 heavy (non-hydrogen) atoms. The van der Waals surface area contributed by atoms with Crippen LogP contribution in [-0.2, 0) is 16.0 Å². The van der Waals surface area contributed by atoms with Crippen LogP contribution in [0.5, 0.6) is 0 Å². The summed E-state index contributed by atoms with van der Waals surface area (Å²) in [5.41, 5.74) is 0.727. The van der Waals surface area contributed by atoms with Crippen LogP contribution >= 0.6 is 0 Å². The van der Waals surface area contributed by atoms with Crippen LogP contribution in [0.25, 0.3) is 0 Å². The zero-order valence-corrected chi connectivity index (χ0v) is 6.36. The summed E-state index contributed by atoms with van der Waals surface area (Å²) in [5.74, 6) is -2.15. The first kappa shape index (κ1) is 8.46. The Kier molecular flexibility index (Phi) is 2.58. The first-order valence-corrected chi connectivity index (χ1v) is 3.50. The molecule has 1 aromatic rings. The Balaban J connectivity index is 2.65. The third-order valence-electron chi connectivity index (χ3n) is 1.45. The summed E-state index contributed by atoms with van der Waals surface area (Å²) in [6.07, 6.45) is -0.0316. The van der Waals surface area contributed by atoms with Crippen LogP contribution in [-0.4, -0.2) is 16.9 Å². The molecule has 0 spiro atoms. The molecule has 0 radical (unpaired) electrons. The summed E-state index contributed by atoms with van der Waals surface area (Å²) < 4.78 is 0. The van der Waals surface area contributed by atoms with Crippen LogP contribution in [0.2, 0.25) is 0 Å². The average Bonchev–Trinajstić information content (AvgIpc) is 2.06. The van der Waals surface area contributed by atoms with Gasteiger partial charge >= 0.3 is 5.97 Å².